The standard InChI is InChI=1S/C18H21F3/c1-4-14(12-18(21)13(2)3)8-5-6-9-15-16(19)10-7-11-17(15)20/h4,7,10-12H,1,5-6,8-9H2,2-3H3/b14-12+. The molecule has 3 heteroatoms. The lowest BCUT2D eigenvalue weighted by Crippen LogP contribution is -1.95. The smallest absolute Gasteiger partial charge is 0.129 e. The molecule has 0 bridgehead atoms. The van der Waals surface area contributed by atoms with Gasteiger partial charge in [-0.05, 0) is 68.9 Å². The van der Waals surface area contributed by atoms with Gasteiger partial charge in [0.1, 0.15) is 17.5 Å². The molecule has 0 unspecified atom stereocenters. The maximum absolute atomic E-state index is 13.5. The molecule has 0 fully saturated rings. The number of halogens is 3. The Morgan fingerprint density at radius 2 is 1.76 bits per heavy atom. The Morgan fingerprint density at radius 3 is 2.29 bits per heavy atom. The molecule has 0 radical (unpaired) electrons. The van der Waals surface area contributed by atoms with Crippen LogP contribution in [0, 0.1) is 11.6 Å². The van der Waals surface area contributed by atoms with Crippen LogP contribution in [0.5, 0.6) is 0 Å². The molecule has 0 saturated heterocycles. The number of hydrogen-bond donors (Lipinski definition) is 0. The van der Waals surface area contributed by atoms with E-state index in [0.29, 0.717) is 24.8 Å². The zero-order chi connectivity index (χ0) is 15.8. The van der Waals surface area contributed by atoms with Gasteiger partial charge in [-0.25, -0.2) is 13.2 Å². The van der Waals surface area contributed by atoms with Gasteiger partial charge in [0.2, 0.25) is 0 Å². The number of benzene rings is 1. The lowest BCUT2D eigenvalue weighted by atomic mass is 10.0. The fourth-order valence-electron chi connectivity index (χ4n) is 1.94. The molecule has 1 rings (SSSR count). The van der Waals surface area contributed by atoms with Gasteiger partial charge in [-0.15, -0.1) is 0 Å². The molecule has 0 amide bonds. The van der Waals surface area contributed by atoms with Crippen LogP contribution in [0.2, 0.25) is 0 Å². The second kappa shape index (κ2) is 8.50. The summed E-state index contributed by atoms with van der Waals surface area (Å²) in [6, 6.07) is 3.88. The summed E-state index contributed by atoms with van der Waals surface area (Å²) < 4.78 is 40.4. The molecule has 1 aromatic rings. The maximum atomic E-state index is 13.5. The maximum Gasteiger partial charge on any atom is 0.129 e. The van der Waals surface area contributed by atoms with Gasteiger partial charge in [0.05, 0.1) is 0 Å². The number of allylic oxidation sites excluding steroid dienone is 5. The van der Waals surface area contributed by atoms with Crippen LogP contribution in [0.15, 0.2) is 53.9 Å². The van der Waals surface area contributed by atoms with Gasteiger partial charge >= 0.3 is 0 Å². The highest BCUT2D eigenvalue weighted by Gasteiger charge is 2.07. The van der Waals surface area contributed by atoms with Crippen molar-refractivity contribution in [2.75, 3.05) is 0 Å². The predicted octanol–water partition coefficient (Wildman–Crippen LogP) is 6.05. The number of hydrogen-bond acceptors (Lipinski definition) is 0. The minimum Gasteiger partial charge on any atom is -0.207 e. The van der Waals surface area contributed by atoms with Gasteiger partial charge in [-0.1, -0.05) is 18.7 Å². The molecule has 21 heavy (non-hydrogen) atoms. The highest BCUT2D eigenvalue weighted by Crippen LogP contribution is 2.18. The third kappa shape index (κ3) is 5.62. The number of rotatable bonds is 7. The summed E-state index contributed by atoms with van der Waals surface area (Å²) in [6.45, 7) is 7.06. The second-order valence-electron chi connectivity index (χ2n) is 5.18. The molecule has 0 spiro atoms. The van der Waals surface area contributed by atoms with E-state index in [9.17, 15) is 13.2 Å². The summed E-state index contributed by atoms with van der Waals surface area (Å²) in [5.41, 5.74) is 1.53. The molecule has 0 N–H and O–H groups in total. The summed E-state index contributed by atoms with van der Waals surface area (Å²) in [5, 5.41) is 0. The lowest BCUT2D eigenvalue weighted by Gasteiger charge is -2.06. The van der Waals surface area contributed by atoms with Crippen molar-refractivity contribution in [2.24, 2.45) is 0 Å². The summed E-state index contributed by atoms with van der Waals surface area (Å²) in [7, 11) is 0. The first-order chi connectivity index (χ1) is 9.95. The molecule has 0 aliphatic rings. The zero-order valence-electron chi connectivity index (χ0n) is 12.6. The van der Waals surface area contributed by atoms with E-state index >= 15 is 0 Å². The first-order valence-electron chi connectivity index (χ1n) is 7.04. The zero-order valence-corrected chi connectivity index (χ0v) is 12.6. The summed E-state index contributed by atoms with van der Waals surface area (Å²) in [5.74, 6) is -1.28. The monoisotopic (exact) mass is 294 g/mol. The van der Waals surface area contributed by atoms with E-state index in [-0.39, 0.29) is 11.4 Å². The van der Waals surface area contributed by atoms with Gasteiger partial charge < -0.3 is 0 Å². The highest BCUT2D eigenvalue weighted by atomic mass is 19.1. The van der Waals surface area contributed by atoms with Gasteiger partial charge in [-0.2, -0.15) is 0 Å². The Balaban J connectivity index is 2.54. The topological polar surface area (TPSA) is 0 Å². The van der Waals surface area contributed by atoms with Crippen LogP contribution in [0.3, 0.4) is 0 Å². The first kappa shape index (κ1) is 17.3. The molecule has 0 heterocycles. The summed E-state index contributed by atoms with van der Waals surface area (Å²) in [4.78, 5) is 0. The molecule has 0 aliphatic heterocycles. The van der Waals surface area contributed by atoms with Crippen LogP contribution in [0.1, 0.15) is 38.7 Å². The molecule has 0 saturated carbocycles. The largest absolute Gasteiger partial charge is 0.207 e. The van der Waals surface area contributed by atoms with Crippen LogP contribution in [-0.4, -0.2) is 0 Å². The Labute approximate surface area is 124 Å². The molecule has 0 aliphatic carbocycles. The SMILES string of the molecule is C=C/C(=C\C(F)=C(C)C)CCCCc1c(F)cccc1F. The average molecular weight is 294 g/mol. The molecule has 0 atom stereocenters. The van der Waals surface area contributed by atoms with Crippen LogP contribution in [-0.2, 0) is 6.42 Å². The van der Waals surface area contributed by atoms with Crippen LogP contribution < -0.4 is 0 Å². The van der Waals surface area contributed by atoms with E-state index in [1.54, 1.807) is 19.9 Å². The van der Waals surface area contributed by atoms with E-state index in [2.05, 4.69) is 6.58 Å². The van der Waals surface area contributed by atoms with E-state index in [1.807, 2.05) is 0 Å². The molecule has 0 nitrogen and oxygen atoms in total. The van der Waals surface area contributed by atoms with Crippen molar-refractivity contribution < 1.29 is 13.2 Å². The fraction of sp³-hybridized carbons (Fsp3) is 0.333. The first-order valence-corrected chi connectivity index (χ1v) is 7.04. The van der Waals surface area contributed by atoms with E-state index < -0.39 is 11.6 Å². The molecule has 0 aromatic heterocycles. The Hall–Kier alpha value is -1.77. The van der Waals surface area contributed by atoms with Crippen molar-refractivity contribution >= 4 is 0 Å². The van der Waals surface area contributed by atoms with Gasteiger partial charge in [0.25, 0.3) is 0 Å². The average Bonchev–Trinajstić information content (AvgIpc) is 2.44. The number of unbranched alkanes of at least 4 members (excludes halogenated alkanes) is 1. The second-order valence-corrected chi connectivity index (χ2v) is 5.18. The van der Waals surface area contributed by atoms with Gasteiger partial charge in [0, 0.05) is 5.56 Å². The quantitative estimate of drug-likeness (QED) is 0.424. The Morgan fingerprint density at radius 1 is 1.14 bits per heavy atom. The fourth-order valence-corrected chi connectivity index (χ4v) is 1.94. The molecule has 114 valence electrons. The molecular formula is C18H21F3. The van der Waals surface area contributed by atoms with Crippen LogP contribution in [0.4, 0.5) is 13.2 Å². The molecule has 1 aromatic carbocycles. The van der Waals surface area contributed by atoms with Gasteiger partial charge in [-0.3, -0.25) is 0 Å². The normalized spacial score (nSPS) is 11.4. The van der Waals surface area contributed by atoms with E-state index in [0.717, 1.165) is 12.0 Å². The predicted molar refractivity (Wildman–Crippen MR) is 81.7 cm³/mol. The van der Waals surface area contributed by atoms with Crippen molar-refractivity contribution in [1.29, 1.82) is 0 Å². The molecular weight excluding hydrogens is 273 g/mol. The summed E-state index contributed by atoms with van der Waals surface area (Å²) in [6.07, 6.45) is 5.42. The minimum atomic E-state index is -0.509. The van der Waals surface area contributed by atoms with Crippen molar-refractivity contribution in [3.8, 4) is 0 Å². The third-order valence-corrected chi connectivity index (χ3v) is 3.26. The third-order valence-electron chi connectivity index (χ3n) is 3.26. The van der Waals surface area contributed by atoms with Crippen molar-refractivity contribution in [3.63, 3.8) is 0 Å². The minimum absolute atomic E-state index is 0.122. The van der Waals surface area contributed by atoms with Gasteiger partial charge in [0.15, 0.2) is 0 Å². The van der Waals surface area contributed by atoms with E-state index in [1.165, 1.54) is 24.3 Å². The van der Waals surface area contributed by atoms with Crippen LogP contribution >= 0.6 is 0 Å². The van der Waals surface area contributed by atoms with Crippen molar-refractivity contribution in [2.45, 2.75) is 39.5 Å². The Bertz CT molecular complexity index is 529. The highest BCUT2D eigenvalue weighted by molar-refractivity contribution is 5.27. The van der Waals surface area contributed by atoms with Crippen molar-refractivity contribution in [3.05, 3.63) is 71.1 Å². The van der Waals surface area contributed by atoms with Crippen LogP contribution in [0.25, 0.3) is 0 Å². The van der Waals surface area contributed by atoms with Crippen molar-refractivity contribution in [1.82, 2.24) is 0 Å². The van der Waals surface area contributed by atoms with E-state index in [4.69, 9.17) is 0 Å². The lowest BCUT2D eigenvalue weighted by molar-refractivity contribution is 0.546. The Kier molecular flexibility index (Phi) is 7.00. The summed E-state index contributed by atoms with van der Waals surface area (Å²) >= 11 is 0.